The number of imidazole rings is 1. The number of hydrogen-bond donors (Lipinski definition) is 3. The van der Waals surface area contributed by atoms with Crippen LogP contribution in [0.5, 0.6) is 5.75 Å². The first kappa shape index (κ1) is 19.3. The van der Waals surface area contributed by atoms with Crippen LogP contribution in [0.2, 0.25) is 0 Å². The number of nitrogens with one attached hydrogen (secondary N) is 1. The summed E-state index contributed by atoms with van der Waals surface area (Å²) >= 11 is 0. The Bertz CT molecular complexity index is 1310. The lowest BCUT2D eigenvalue weighted by atomic mass is 10.0. The van der Waals surface area contributed by atoms with Crippen LogP contribution in [-0.4, -0.2) is 30.5 Å². The summed E-state index contributed by atoms with van der Waals surface area (Å²) < 4.78 is 14.5. The summed E-state index contributed by atoms with van der Waals surface area (Å²) in [5.41, 5.74) is 6.75. The molecule has 0 spiro atoms. The molecule has 0 bridgehead atoms. The summed E-state index contributed by atoms with van der Waals surface area (Å²) in [7, 11) is 0. The summed E-state index contributed by atoms with van der Waals surface area (Å²) in [6.45, 7) is 1.78. The smallest absolute Gasteiger partial charge is 0.268 e. The van der Waals surface area contributed by atoms with Crippen molar-refractivity contribution in [1.29, 1.82) is 0 Å². The number of fused-ring (bicyclic) bond motifs is 1. The van der Waals surface area contributed by atoms with Crippen molar-refractivity contribution in [3.63, 3.8) is 0 Å². The Morgan fingerprint density at radius 1 is 1.30 bits per heavy atom. The number of benzene rings is 1. The minimum Gasteiger partial charge on any atom is -0.505 e. The van der Waals surface area contributed by atoms with E-state index in [1.807, 2.05) is 0 Å². The number of aromatic nitrogens is 4. The van der Waals surface area contributed by atoms with E-state index in [4.69, 9.17) is 5.73 Å². The molecule has 0 aliphatic rings. The SMILES string of the molecule is Cc1nc2c(O)c(C(N)=O)c(=O)n(Cc3ncc[nH]3)c2cc1Cc1ccc(F)cc1. The van der Waals surface area contributed by atoms with Crippen LogP contribution in [0.25, 0.3) is 11.0 Å². The van der Waals surface area contributed by atoms with Gasteiger partial charge in [0.1, 0.15) is 22.7 Å². The van der Waals surface area contributed by atoms with E-state index in [1.54, 1.807) is 37.5 Å². The molecule has 3 heterocycles. The average Bonchev–Trinajstić information content (AvgIpc) is 3.21. The van der Waals surface area contributed by atoms with E-state index in [2.05, 4.69) is 15.0 Å². The highest BCUT2D eigenvalue weighted by atomic mass is 19.1. The number of carbonyl (C=O) groups is 1. The molecular weight excluding hydrogens is 389 g/mol. The monoisotopic (exact) mass is 407 g/mol. The third-order valence-electron chi connectivity index (χ3n) is 4.93. The number of H-pyrrole nitrogens is 1. The van der Waals surface area contributed by atoms with Crippen molar-refractivity contribution in [2.24, 2.45) is 5.73 Å². The molecule has 3 aromatic heterocycles. The van der Waals surface area contributed by atoms with Gasteiger partial charge in [-0.05, 0) is 42.7 Å². The first-order valence-electron chi connectivity index (χ1n) is 9.13. The molecule has 8 nitrogen and oxygen atoms in total. The average molecular weight is 407 g/mol. The minimum absolute atomic E-state index is 0.0314. The van der Waals surface area contributed by atoms with Crippen LogP contribution >= 0.6 is 0 Å². The third kappa shape index (κ3) is 3.41. The molecule has 0 saturated heterocycles. The number of primary amides is 1. The number of pyridine rings is 2. The first-order valence-corrected chi connectivity index (χ1v) is 9.13. The second-order valence-electron chi connectivity index (χ2n) is 6.92. The Morgan fingerprint density at radius 2 is 2.03 bits per heavy atom. The van der Waals surface area contributed by atoms with Gasteiger partial charge >= 0.3 is 0 Å². The van der Waals surface area contributed by atoms with E-state index in [9.17, 15) is 19.1 Å². The minimum atomic E-state index is -1.04. The molecular formula is C21H18FN5O3. The zero-order valence-electron chi connectivity index (χ0n) is 16.0. The molecule has 152 valence electrons. The third-order valence-corrected chi connectivity index (χ3v) is 4.93. The van der Waals surface area contributed by atoms with Gasteiger partial charge in [0.15, 0.2) is 5.75 Å². The second kappa shape index (κ2) is 7.43. The molecule has 0 saturated carbocycles. The van der Waals surface area contributed by atoms with Gasteiger partial charge in [-0.3, -0.25) is 14.2 Å². The zero-order valence-corrected chi connectivity index (χ0v) is 16.0. The van der Waals surface area contributed by atoms with E-state index in [0.717, 1.165) is 11.1 Å². The summed E-state index contributed by atoms with van der Waals surface area (Å²) in [6, 6.07) is 7.81. The van der Waals surface area contributed by atoms with Crippen LogP contribution in [0.15, 0.2) is 47.5 Å². The van der Waals surface area contributed by atoms with Crippen LogP contribution < -0.4 is 11.3 Å². The fraction of sp³-hybridized carbons (Fsp3) is 0.143. The Morgan fingerprint density at radius 3 is 2.67 bits per heavy atom. The molecule has 4 rings (SSSR count). The molecule has 0 atom stereocenters. The molecule has 0 aliphatic carbocycles. The zero-order chi connectivity index (χ0) is 21.4. The number of aromatic amines is 1. The molecule has 30 heavy (non-hydrogen) atoms. The number of nitrogens with two attached hydrogens (primary N) is 1. The summed E-state index contributed by atoms with van der Waals surface area (Å²) in [5, 5.41) is 10.5. The number of halogens is 1. The van der Waals surface area contributed by atoms with E-state index in [1.165, 1.54) is 16.7 Å². The highest BCUT2D eigenvalue weighted by Crippen LogP contribution is 2.27. The van der Waals surface area contributed by atoms with Gasteiger partial charge in [-0.1, -0.05) is 12.1 Å². The Hall–Kier alpha value is -4.01. The summed E-state index contributed by atoms with van der Waals surface area (Å²) in [5.74, 6) is -1.43. The fourth-order valence-corrected chi connectivity index (χ4v) is 3.39. The number of nitrogens with zero attached hydrogens (tertiary/aromatic N) is 3. The Balaban J connectivity index is 1.94. The molecule has 9 heteroatoms. The van der Waals surface area contributed by atoms with Crippen molar-refractivity contribution in [3.8, 4) is 5.75 Å². The number of hydrogen-bond acceptors (Lipinski definition) is 5. The summed E-state index contributed by atoms with van der Waals surface area (Å²) in [4.78, 5) is 36.3. The fourth-order valence-electron chi connectivity index (χ4n) is 3.39. The lowest BCUT2D eigenvalue weighted by molar-refractivity contribution is 0.0996. The lowest BCUT2D eigenvalue weighted by Gasteiger charge is -2.15. The second-order valence-corrected chi connectivity index (χ2v) is 6.92. The standard InChI is InChI=1S/C21H18FN5O3/c1-11-13(8-12-2-4-14(22)5-3-12)9-15-18(26-11)19(28)17(20(23)29)21(30)27(15)10-16-24-6-7-25-16/h2-7,9,28H,8,10H2,1H3,(H2,23,29)(H,24,25). The molecule has 1 aromatic carbocycles. The first-order chi connectivity index (χ1) is 14.3. The number of carbonyl (C=O) groups excluding carboxylic acids is 1. The normalized spacial score (nSPS) is 11.1. The van der Waals surface area contributed by atoms with Gasteiger partial charge in [0.05, 0.1) is 12.1 Å². The van der Waals surface area contributed by atoms with E-state index >= 15 is 0 Å². The Kier molecular flexibility index (Phi) is 4.78. The quantitative estimate of drug-likeness (QED) is 0.466. The largest absolute Gasteiger partial charge is 0.505 e. The molecule has 4 aromatic rings. The maximum Gasteiger partial charge on any atom is 0.268 e. The topological polar surface area (TPSA) is 127 Å². The maximum absolute atomic E-state index is 13.2. The maximum atomic E-state index is 13.2. The predicted octanol–water partition coefficient (Wildman–Crippen LogP) is 2.01. The van der Waals surface area contributed by atoms with E-state index < -0.39 is 22.8 Å². The van der Waals surface area contributed by atoms with Crippen LogP contribution in [0.4, 0.5) is 4.39 Å². The predicted molar refractivity (Wildman–Crippen MR) is 108 cm³/mol. The van der Waals surface area contributed by atoms with Crippen molar-refractivity contribution in [2.75, 3.05) is 0 Å². The van der Waals surface area contributed by atoms with Crippen molar-refractivity contribution < 1.29 is 14.3 Å². The molecule has 4 N–H and O–H groups in total. The van der Waals surface area contributed by atoms with Gasteiger partial charge in [0.25, 0.3) is 11.5 Å². The van der Waals surface area contributed by atoms with Crippen molar-refractivity contribution in [3.05, 3.63) is 87.1 Å². The van der Waals surface area contributed by atoms with Gasteiger partial charge in [0.2, 0.25) is 0 Å². The highest BCUT2D eigenvalue weighted by molar-refractivity contribution is 6.00. The van der Waals surface area contributed by atoms with Crippen LogP contribution in [0.1, 0.15) is 33.0 Å². The Labute approximate surface area is 169 Å². The summed E-state index contributed by atoms with van der Waals surface area (Å²) in [6.07, 6.45) is 3.60. The van der Waals surface area contributed by atoms with Gasteiger partial charge in [-0.15, -0.1) is 0 Å². The van der Waals surface area contributed by atoms with E-state index in [0.29, 0.717) is 23.5 Å². The van der Waals surface area contributed by atoms with Crippen molar-refractivity contribution in [2.45, 2.75) is 19.9 Å². The number of amides is 1. The number of aryl methyl sites for hydroxylation is 1. The number of rotatable bonds is 5. The van der Waals surface area contributed by atoms with Crippen LogP contribution in [0.3, 0.4) is 0 Å². The molecule has 0 fully saturated rings. The van der Waals surface area contributed by atoms with Gasteiger partial charge < -0.3 is 15.8 Å². The molecule has 1 amide bonds. The van der Waals surface area contributed by atoms with Crippen LogP contribution in [-0.2, 0) is 13.0 Å². The highest BCUT2D eigenvalue weighted by Gasteiger charge is 2.23. The van der Waals surface area contributed by atoms with Crippen molar-refractivity contribution >= 4 is 16.9 Å². The number of aromatic hydroxyl groups is 1. The molecule has 0 radical (unpaired) electrons. The van der Waals surface area contributed by atoms with Crippen LogP contribution in [0, 0.1) is 12.7 Å². The lowest BCUT2D eigenvalue weighted by Crippen LogP contribution is -2.31. The van der Waals surface area contributed by atoms with Gasteiger partial charge in [0, 0.05) is 18.1 Å². The van der Waals surface area contributed by atoms with E-state index in [-0.39, 0.29) is 17.9 Å². The molecule has 0 unspecified atom stereocenters. The van der Waals surface area contributed by atoms with Crippen molar-refractivity contribution in [1.82, 2.24) is 19.5 Å². The van der Waals surface area contributed by atoms with Gasteiger partial charge in [-0.2, -0.15) is 0 Å². The van der Waals surface area contributed by atoms with Gasteiger partial charge in [-0.25, -0.2) is 14.4 Å². The molecule has 0 aliphatic heterocycles.